The van der Waals surface area contributed by atoms with Crippen molar-refractivity contribution in [1.29, 1.82) is 0 Å². The van der Waals surface area contributed by atoms with Crippen molar-refractivity contribution < 1.29 is 9.47 Å². The number of benzene rings is 2. The molecule has 0 amide bonds. The predicted molar refractivity (Wildman–Crippen MR) is 114 cm³/mol. The maximum atomic E-state index is 6.26. The van der Waals surface area contributed by atoms with Gasteiger partial charge >= 0.3 is 0 Å². The average molecular weight is 459 g/mol. The second-order valence-electron chi connectivity index (χ2n) is 6.02. The number of thioether (sulfide) groups is 1. The quantitative estimate of drug-likeness (QED) is 0.519. The number of aromatic nitrogens is 3. The van der Waals surface area contributed by atoms with E-state index in [9.17, 15) is 0 Å². The third-order valence-electron chi connectivity index (χ3n) is 4.16. The molecule has 0 aliphatic carbocycles. The smallest absolute Gasteiger partial charge is 0.247 e. The van der Waals surface area contributed by atoms with Gasteiger partial charge in [-0.3, -0.25) is 0 Å². The molecule has 8 heteroatoms. The minimum Gasteiger partial charge on any atom is -0.494 e. The number of rotatable bonds is 5. The Morgan fingerprint density at radius 3 is 2.71 bits per heavy atom. The monoisotopic (exact) mass is 458 g/mol. The van der Waals surface area contributed by atoms with Gasteiger partial charge in [0.05, 0.1) is 6.61 Å². The fraction of sp³-hybridized carbons (Fsp3) is 0.250. The Labute approximate surface area is 176 Å². The molecule has 1 aliphatic heterocycles. The molecule has 3 aromatic rings. The zero-order valence-corrected chi connectivity index (χ0v) is 17.9. The lowest BCUT2D eigenvalue weighted by Crippen LogP contribution is -2.17. The fourth-order valence-corrected chi connectivity index (χ4v) is 3.78. The van der Waals surface area contributed by atoms with Crippen LogP contribution in [0.15, 0.2) is 52.1 Å². The SMILES string of the molecule is CCOc1ccc([C@@H]2Nc3ccc(Br)cc3-c3nnc(SCC)nc3O2)cc1. The Hall–Kier alpha value is -2.32. The van der Waals surface area contributed by atoms with Gasteiger partial charge in [0.25, 0.3) is 0 Å². The summed E-state index contributed by atoms with van der Waals surface area (Å²) < 4.78 is 12.8. The number of hydrogen-bond donors (Lipinski definition) is 1. The lowest BCUT2D eigenvalue weighted by molar-refractivity contribution is 0.225. The topological polar surface area (TPSA) is 69.2 Å². The maximum Gasteiger partial charge on any atom is 0.247 e. The molecule has 2 aromatic carbocycles. The summed E-state index contributed by atoms with van der Waals surface area (Å²) in [7, 11) is 0. The summed E-state index contributed by atoms with van der Waals surface area (Å²) in [6.07, 6.45) is -0.409. The van der Waals surface area contributed by atoms with E-state index in [0.29, 0.717) is 23.3 Å². The Balaban J connectivity index is 1.77. The van der Waals surface area contributed by atoms with Crippen molar-refractivity contribution >= 4 is 33.4 Å². The van der Waals surface area contributed by atoms with E-state index in [1.165, 1.54) is 11.8 Å². The summed E-state index contributed by atoms with van der Waals surface area (Å²) >= 11 is 5.07. The molecule has 1 atom stereocenters. The molecule has 6 nitrogen and oxygen atoms in total. The first kappa shape index (κ1) is 19.0. The van der Waals surface area contributed by atoms with Crippen LogP contribution in [0.4, 0.5) is 5.69 Å². The van der Waals surface area contributed by atoms with Crippen LogP contribution in [0.3, 0.4) is 0 Å². The van der Waals surface area contributed by atoms with Gasteiger partial charge in [0, 0.05) is 21.3 Å². The Morgan fingerprint density at radius 1 is 1.14 bits per heavy atom. The van der Waals surface area contributed by atoms with Crippen LogP contribution in [-0.2, 0) is 0 Å². The first-order valence-corrected chi connectivity index (χ1v) is 10.8. The van der Waals surface area contributed by atoms with E-state index in [4.69, 9.17) is 9.47 Å². The van der Waals surface area contributed by atoms with Crippen LogP contribution < -0.4 is 14.8 Å². The lowest BCUT2D eigenvalue weighted by Gasteiger charge is -2.19. The minimum absolute atomic E-state index is 0.409. The summed E-state index contributed by atoms with van der Waals surface area (Å²) in [6, 6.07) is 13.8. The number of nitrogens with one attached hydrogen (secondary N) is 1. The molecule has 0 radical (unpaired) electrons. The van der Waals surface area contributed by atoms with E-state index < -0.39 is 6.23 Å². The van der Waals surface area contributed by atoms with Crippen LogP contribution in [-0.4, -0.2) is 27.5 Å². The highest BCUT2D eigenvalue weighted by molar-refractivity contribution is 9.10. The molecule has 0 unspecified atom stereocenters. The van der Waals surface area contributed by atoms with Crippen molar-refractivity contribution in [3.8, 4) is 22.9 Å². The van der Waals surface area contributed by atoms with Gasteiger partial charge in [0.2, 0.25) is 11.0 Å². The summed E-state index contributed by atoms with van der Waals surface area (Å²) in [4.78, 5) is 4.60. The van der Waals surface area contributed by atoms with Gasteiger partial charge in [0.15, 0.2) is 11.9 Å². The largest absolute Gasteiger partial charge is 0.494 e. The van der Waals surface area contributed by atoms with Crippen LogP contribution in [0.1, 0.15) is 25.6 Å². The molecule has 1 N–H and O–H groups in total. The third-order valence-corrected chi connectivity index (χ3v) is 5.37. The van der Waals surface area contributed by atoms with Gasteiger partial charge in [0.1, 0.15) is 5.75 Å². The first-order valence-electron chi connectivity index (χ1n) is 9.01. The molecule has 0 spiro atoms. The molecule has 144 valence electrons. The molecule has 0 saturated carbocycles. The van der Waals surface area contributed by atoms with Crippen molar-refractivity contribution in [2.24, 2.45) is 0 Å². The molecule has 1 aliphatic rings. The van der Waals surface area contributed by atoms with E-state index in [0.717, 1.165) is 32.8 Å². The van der Waals surface area contributed by atoms with Crippen LogP contribution in [0, 0.1) is 0 Å². The Bertz CT molecular complexity index is 984. The Kier molecular flexibility index (Phi) is 5.68. The third kappa shape index (κ3) is 3.93. The van der Waals surface area contributed by atoms with Gasteiger partial charge in [-0.25, -0.2) is 0 Å². The summed E-state index contributed by atoms with van der Waals surface area (Å²) in [5.74, 6) is 2.16. The van der Waals surface area contributed by atoms with E-state index in [1.54, 1.807) is 0 Å². The second kappa shape index (κ2) is 8.36. The summed E-state index contributed by atoms with van der Waals surface area (Å²) in [5.41, 5.74) is 3.39. The first-order chi connectivity index (χ1) is 13.7. The number of ether oxygens (including phenoxy) is 2. The Morgan fingerprint density at radius 2 is 1.96 bits per heavy atom. The average Bonchev–Trinajstić information content (AvgIpc) is 2.85. The van der Waals surface area contributed by atoms with Crippen LogP contribution >= 0.6 is 27.7 Å². The van der Waals surface area contributed by atoms with E-state index >= 15 is 0 Å². The summed E-state index contributed by atoms with van der Waals surface area (Å²) in [6.45, 7) is 4.65. The summed E-state index contributed by atoms with van der Waals surface area (Å²) in [5, 5.41) is 12.7. The van der Waals surface area contributed by atoms with Crippen LogP contribution in [0.25, 0.3) is 11.3 Å². The maximum absolute atomic E-state index is 6.26. The molecule has 0 saturated heterocycles. The molecule has 28 heavy (non-hydrogen) atoms. The zero-order valence-electron chi connectivity index (χ0n) is 15.5. The van der Waals surface area contributed by atoms with E-state index in [-0.39, 0.29) is 0 Å². The van der Waals surface area contributed by atoms with Crippen molar-refractivity contribution in [2.45, 2.75) is 25.2 Å². The standard InChI is InChI=1S/C20H19BrN4O2S/c1-3-26-14-8-5-12(6-9-14)18-22-16-10-7-13(21)11-15(16)17-19(27-18)23-20(25-24-17)28-4-2/h5-11,18,22H,3-4H2,1-2H3/t18-/m1/s1. The zero-order chi connectivity index (χ0) is 19.5. The van der Waals surface area contributed by atoms with Gasteiger partial charge in [-0.05, 0) is 55.1 Å². The predicted octanol–water partition coefficient (Wildman–Crippen LogP) is 5.31. The van der Waals surface area contributed by atoms with Crippen LogP contribution in [0.5, 0.6) is 11.6 Å². The van der Waals surface area contributed by atoms with Crippen molar-refractivity contribution in [1.82, 2.24) is 15.2 Å². The fourth-order valence-electron chi connectivity index (χ4n) is 2.92. The van der Waals surface area contributed by atoms with Crippen molar-refractivity contribution in [3.05, 3.63) is 52.5 Å². The number of hydrogen-bond acceptors (Lipinski definition) is 7. The van der Waals surface area contributed by atoms with Gasteiger partial charge in [-0.1, -0.05) is 34.6 Å². The van der Waals surface area contributed by atoms with Crippen LogP contribution in [0.2, 0.25) is 0 Å². The normalized spacial score (nSPS) is 14.9. The molecule has 4 rings (SSSR count). The molecular weight excluding hydrogens is 440 g/mol. The van der Waals surface area contributed by atoms with Gasteiger partial charge in [-0.2, -0.15) is 4.98 Å². The highest BCUT2D eigenvalue weighted by Gasteiger charge is 2.26. The number of nitrogens with zero attached hydrogens (tertiary/aromatic N) is 3. The number of fused-ring (bicyclic) bond motifs is 3. The van der Waals surface area contributed by atoms with Gasteiger partial charge in [-0.15, -0.1) is 10.2 Å². The number of anilines is 1. The highest BCUT2D eigenvalue weighted by atomic mass is 79.9. The second-order valence-corrected chi connectivity index (χ2v) is 8.16. The molecule has 0 bridgehead atoms. The lowest BCUT2D eigenvalue weighted by atomic mass is 10.1. The highest BCUT2D eigenvalue weighted by Crippen LogP contribution is 2.40. The van der Waals surface area contributed by atoms with Crippen molar-refractivity contribution in [3.63, 3.8) is 0 Å². The van der Waals surface area contributed by atoms with Gasteiger partial charge < -0.3 is 14.8 Å². The molecule has 0 fully saturated rings. The van der Waals surface area contributed by atoms with E-state index in [1.807, 2.05) is 49.4 Å². The molecule has 2 heterocycles. The van der Waals surface area contributed by atoms with E-state index in [2.05, 4.69) is 43.4 Å². The number of halogens is 1. The van der Waals surface area contributed by atoms with Crippen molar-refractivity contribution in [2.75, 3.05) is 17.7 Å². The molecule has 1 aromatic heterocycles. The minimum atomic E-state index is -0.409. The molecular formula is C20H19BrN4O2S.